The SMILES string of the molecule is O=S(=O)(N1CCCCC1)N1CCC[C@H]1CO. The summed E-state index contributed by atoms with van der Waals surface area (Å²) in [5, 5.41) is 9.17. The van der Waals surface area contributed by atoms with Gasteiger partial charge in [-0.1, -0.05) is 6.42 Å². The van der Waals surface area contributed by atoms with E-state index >= 15 is 0 Å². The number of aliphatic hydroxyl groups excluding tert-OH is 1. The number of aliphatic hydroxyl groups is 1. The second kappa shape index (κ2) is 5.00. The average Bonchev–Trinajstić information content (AvgIpc) is 2.79. The molecular weight excluding hydrogens is 228 g/mol. The van der Waals surface area contributed by atoms with Crippen LogP contribution in [0.1, 0.15) is 32.1 Å². The zero-order valence-electron chi connectivity index (χ0n) is 9.51. The molecule has 0 saturated carbocycles. The molecular formula is C10H20N2O3S. The molecule has 0 radical (unpaired) electrons. The molecule has 2 heterocycles. The molecule has 0 aliphatic carbocycles. The molecule has 2 fully saturated rings. The van der Waals surface area contributed by atoms with Crippen LogP contribution in [-0.4, -0.2) is 54.4 Å². The minimum Gasteiger partial charge on any atom is -0.395 e. The van der Waals surface area contributed by atoms with Crippen molar-refractivity contribution >= 4 is 10.2 Å². The van der Waals surface area contributed by atoms with Gasteiger partial charge in [-0.25, -0.2) is 0 Å². The molecule has 2 saturated heterocycles. The van der Waals surface area contributed by atoms with Gasteiger partial charge < -0.3 is 5.11 Å². The molecule has 94 valence electrons. The molecule has 1 atom stereocenters. The van der Waals surface area contributed by atoms with Gasteiger partial charge in [-0.3, -0.25) is 0 Å². The zero-order valence-corrected chi connectivity index (χ0v) is 10.3. The van der Waals surface area contributed by atoms with Crippen molar-refractivity contribution in [3.8, 4) is 0 Å². The third-order valence-electron chi connectivity index (χ3n) is 3.47. The third-order valence-corrected chi connectivity index (χ3v) is 5.56. The molecule has 2 rings (SSSR count). The summed E-state index contributed by atoms with van der Waals surface area (Å²) in [6, 6.07) is -0.202. The number of rotatable bonds is 3. The highest BCUT2D eigenvalue weighted by molar-refractivity contribution is 7.86. The van der Waals surface area contributed by atoms with E-state index in [2.05, 4.69) is 0 Å². The van der Waals surface area contributed by atoms with Gasteiger partial charge in [0.1, 0.15) is 0 Å². The molecule has 0 aromatic carbocycles. The van der Waals surface area contributed by atoms with Crippen LogP contribution in [0.2, 0.25) is 0 Å². The Labute approximate surface area is 97.2 Å². The summed E-state index contributed by atoms with van der Waals surface area (Å²) in [4.78, 5) is 0. The Balaban J connectivity index is 2.11. The van der Waals surface area contributed by atoms with E-state index in [1.165, 1.54) is 4.31 Å². The van der Waals surface area contributed by atoms with Crippen molar-refractivity contribution in [2.75, 3.05) is 26.2 Å². The minimum atomic E-state index is -3.32. The fourth-order valence-electron chi connectivity index (χ4n) is 2.54. The molecule has 0 aromatic heterocycles. The number of hydrogen-bond acceptors (Lipinski definition) is 3. The van der Waals surface area contributed by atoms with Gasteiger partial charge in [0.05, 0.1) is 6.61 Å². The molecule has 2 aliphatic rings. The summed E-state index contributed by atoms with van der Waals surface area (Å²) < 4.78 is 27.7. The van der Waals surface area contributed by atoms with E-state index in [1.54, 1.807) is 4.31 Å². The van der Waals surface area contributed by atoms with Crippen LogP contribution in [0.5, 0.6) is 0 Å². The fraction of sp³-hybridized carbons (Fsp3) is 1.00. The van der Waals surface area contributed by atoms with Crippen LogP contribution in [0.4, 0.5) is 0 Å². The summed E-state index contributed by atoms with van der Waals surface area (Å²) in [6.07, 6.45) is 4.67. The summed E-state index contributed by atoms with van der Waals surface area (Å²) in [5.41, 5.74) is 0. The summed E-state index contributed by atoms with van der Waals surface area (Å²) in [5.74, 6) is 0. The maximum absolute atomic E-state index is 12.3. The van der Waals surface area contributed by atoms with Crippen LogP contribution in [0.15, 0.2) is 0 Å². The highest BCUT2D eigenvalue weighted by Gasteiger charge is 2.37. The molecule has 16 heavy (non-hydrogen) atoms. The molecule has 0 unspecified atom stereocenters. The van der Waals surface area contributed by atoms with Gasteiger partial charge >= 0.3 is 0 Å². The number of nitrogens with zero attached hydrogens (tertiary/aromatic N) is 2. The van der Waals surface area contributed by atoms with E-state index in [9.17, 15) is 13.5 Å². The average molecular weight is 248 g/mol. The van der Waals surface area contributed by atoms with E-state index in [4.69, 9.17) is 0 Å². The van der Waals surface area contributed by atoms with Crippen molar-refractivity contribution in [3.05, 3.63) is 0 Å². The van der Waals surface area contributed by atoms with Gasteiger partial charge in [-0.05, 0) is 25.7 Å². The van der Waals surface area contributed by atoms with Crippen LogP contribution in [0.3, 0.4) is 0 Å². The lowest BCUT2D eigenvalue weighted by molar-refractivity contribution is 0.203. The summed E-state index contributed by atoms with van der Waals surface area (Å²) >= 11 is 0. The van der Waals surface area contributed by atoms with E-state index < -0.39 is 10.2 Å². The Morgan fingerprint density at radius 3 is 2.38 bits per heavy atom. The Hall–Kier alpha value is -0.170. The highest BCUT2D eigenvalue weighted by Crippen LogP contribution is 2.24. The Morgan fingerprint density at radius 2 is 1.75 bits per heavy atom. The van der Waals surface area contributed by atoms with Crippen molar-refractivity contribution in [2.24, 2.45) is 0 Å². The van der Waals surface area contributed by atoms with Crippen molar-refractivity contribution in [3.63, 3.8) is 0 Å². The lowest BCUT2D eigenvalue weighted by Crippen LogP contribution is -2.48. The van der Waals surface area contributed by atoms with E-state index in [-0.39, 0.29) is 12.6 Å². The van der Waals surface area contributed by atoms with Crippen LogP contribution in [-0.2, 0) is 10.2 Å². The van der Waals surface area contributed by atoms with Crippen LogP contribution in [0, 0.1) is 0 Å². The van der Waals surface area contributed by atoms with E-state index in [1.807, 2.05) is 0 Å². The van der Waals surface area contributed by atoms with E-state index in [0.717, 1.165) is 32.1 Å². The molecule has 0 amide bonds. The molecule has 1 N–H and O–H groups in total. The second-order valence-electron chi connectivity index (χ2n) is 4.56. The first-order valence-electron chi connectivity index (χ1n) is 6.04. The van der Waals surface area contributed by atoms with Crippen LogP contribution >= 0.6 is 0 Å². The maximum Gasteiger partial charge on any atom is 0.282 e. The summed E-state index contributed by atoms with van der Waals surface area (Å²) in [6.45, 7) is 1.77. The Morgan fingerprint density at radius 1 is 1.06 bits per heavy atom. The number of piperidine rings is 1. The monoisotopic (exact) mass is 248 g/mol. The van der Waals surface area contributed by atoms with Gasteiger partial charge in [0, 0.05) is 25.7 Å². The topological polar surface area (TPSA) is 60.9 Å². The van der Waals surface area contributed by atoms with Gasteiger partial charge in [-0.2, -0.15) is 17.0 Å². The van der Waals surface area contributed by atoms with Gasteiger partial charge in [0.15, 0.2) is 0 Å². The van der Waals surface area contributed by atoms with E-state index in [0.29, 0.717) is 19.6 Å². The van der Waals surface area contributed by atoms with Gasteiger partial charge in [0.2, 0.25) is 0 Å². The molecule has 6 heteroatoms. The quantitative estimate of drug-likeness (QED) is 0.774. The predicted octanol–water partition coefficient (Wildman–Crippen LogP) is 0.174. The molecule has 0 aromatic rings. The minimum absolute atomic E-state index is 0.0624. The molecule has 0 spiro atoms. The Bertz CT molecular complexity index is 325. The third kappa shape index (κ3) is 2.25. The first-order valence-corrected chi connectivity index (χ1v) is 7.44. The van der Waals surface area contributed by atoms with Crippen LogP contribution < -0.4 is 0 Å². The summed E-state index contributed by atoms with van der Waals surface area (Å²) in [7, 11) is -3.32. The maximum atomic E-state index is 12.3. The van der Waals surface area contributed by atoms with Crippen molar-refractivity contribution < 1.29 is 13.5 Å². The van der Waals surface area contributed by atoms with Gasteiger partial charge in [-0.15, -0.1) is 0 Å². The zero-order chi connectivity index (χ0) is 11.6. The smallest absolute Gasteiger partial charge is 0.282 e. The largest absolute Gasteiger partial charge is 0.395 e. The van der Waals surface area contributed by atoms with Crippen molar-refractivity contribution in [2.45, 2.75) is 38.1 Å². The lowest BCUT2D eigenvalue weighted by atomic mass is 10.2. The highest BCUT2D eigenvalue weighted by atomic mass is 32.2. The normalized spacial score (nSPS) is 29.7. The van der Waals surface area contributed by atoms with Crippen molar-refractivity contribution in [1.29, 1.82) is 0 Å². The first kappa shape index (κ1) is 12.3. The molecule has 0 bridgehead atoms. The second-order valence-corrected chi connectivity index (χ2v) is 6.44. The van der Waals surface area contributed by atoms with Crippen LogP contribution in [0.25, 0.3) is 0 Å². The fourth-order valence-corrected chi connectivity index (χ4v) is 4.46. The lowest BCUT2D eigenvalue weighted by Gasteiger charge is -2.32. The molecule has 2 aliphatic heterocycles. The predicted molar refractivity (Wildman–Crippen MR) is 61.2 cm³/mol. The first-order chi connectivity index (χ1) is 7.66. The molecule has 5 nitrogen and oxygen atoms in total. The van der Waals surface area contributed by atoms with Crippen molar-refractivity contribution in [1.82, 2.24) is 8.61 Å². The standard InChI is InChI=1S/C10H20N2O3S/c13-9-10-5-4-8-12(10)16(14,15)11-6-2-1-3-7-11/h10,13H,1-9H2/t10-/m0/s1. The Kier molecular flexibility index (Phi) is 3.84. The van der Waals surface area contributed by atoms with Gasteiger partial charge in [0.25, 0.3) is 10.2 Å². The number of hydrogen-bond donors (Lipinski definition) is 1.